The number of benzene rings is 1. The lowest BCUT2D eigenvalue weighted by atomic mass is 10.1. The number of hydrogen-bond acceptors (Lipinski definition) is 5. The molecule has 0 radical (unpaired) electrons. The first-order valence-electron chi connectivity index (χ1n) is 7.02. The van der Waals surface area contributed by atoms with E-state index in [1.54, 1.807) is 6.07 Å². The van der Waals surface area contributed by atoms with Crippen molar-refractivity contribution in [3.05, 3.63) is 57.4 Å². The van der Waals surface area contributed by atoms with Crippen molar-refractivity contribution < 1.29 is 9.21 Å². The van der Waals surface area contributed by atoms with Crippen molar-refractivity contribution in [2.24, 2.45) is 0 Å². The lowest BCUT2D eigenvalue weighted by molar-refractivity contribution is -0.117. The van der Waals surface area contributed by atoms with Crippen LogP contribution in [-0.2, 0) is 11.3 Å². The van der Waals surface area contributed by atoms with Gasteiger partial charge in [-0.2, -0.15) is 4.68 Å². The number of thiophene rings is 1. The van der Waals surface area contributed by atoms with E-state index >= 15 is 0 Å². The van der Waals surface area contributed by atoms with Gasteiger partial charge in [0.15, 0.2) is 0 Å². The molecule has 2 heterocycles. The highest BCUT2D eigenvalue weighted by atomic mass is 32.1. The van der Waals surface area contributed by atoms with E-state index in [4.69, 9.17) is 4.42 Å². The summed E-state index contributed by atoms with van der Waals surface area (Å²) in [6.07, 6.45) is 0. The summed E-state index contributed by atoms with van der Waals surface area (Å²) in [5.41, 5.74) is 2.80. The lowest BCUT2D eigenvalue weighted by Crippen LogP contribution is -2.26. The fourth-order valence-electron chi connectivity index (χ4n) is 2.19. The van der Waals surface area contributed by atoms with Gasteiger partial charge in [0.1, 0.15) is 6.54 Å². The Morgan fingerprint density at radius 1 is 1.35 bits per heavy atom. The number of aryl methyl sites for hydroxylation is 2. The van der Waals surface area contributed by atoms with Crippen molar-refractivity contribution >= 4 is 22.9 Å². The maximum atomic E-state index is 12.1. The molecule has 0 fully saturated rings. The van der Waals surface area contributed by atoms with Crippen LogP contribution in [0.3, 0.4) is 0 Å². The molecule has 0 bridgehead atoms. The normalized spacial score (nSPS) is 10.7. The molecule has 23 heavy (non-hydrogen) atoms. The van der Waals surface area contributed by atoms with E-state index in [2.05, 4.69) is 10.4 Å². The van der Waals surface area contributed by atoms with Crippen LogP contribution >= 0.6 is 11.3 Å². The highest BCUT2D eigenvalue weighted by Crippen LogP contribution is 2.21. The number of amides is 1. The van der Waals surface area contributed by atoms with Crippen LogP contribution in [0.25, 0.3) is 10.8 Å². The van der Waals surface area contributed by atoms with Gasteiger partial charge in [0.05, 0.1) is 4.88 Å². The zero-order valence-electron chi connectivity index (χ0n) is 12.7. The van der Waals surface area contributed by atoms with Gasteiger partial charge in [-0.3, -0.25) is 4.79 Å². The summed E-state index contributed by atoms with van der Waals surface area (Å²) in [7, 11) is 0. The fourth-order valence-corrected chi connectivity index (χ4v) is 2.83. The molecule has 2 aromatic heterocycles. The Morgan fingerprint density at radius 3 is 2.87 bits per heavy atom. The van der Waals surface area contributed by atoms with Crippen LogP contribution in [0.1, 0.15) is 11.1 Å². The third-order valence-electron chi connectivity index (χ3n) is 3.29. The van der Waals surface area contributed by atoms with Crippen molar-refractivity contribution in [1.29, 1.82) is 0 Å². The van der Waals surface area contributed by atoms with Crippen LogP contribution < -0.4 is 11.1 Å². The van der Waals surface area contributed by atoms with Crippen LogP contribution in [0.4, 0.5) is 5.69 Å². The van der Waals surface area contributed by atoms with Gasteiger partial charge in [0.2, 0.25) is 5.91 Å². The number of aromatic nitrogens is 2. The van der Waals surface area contributed by atoms with Gasteiger partial charge < -0.3 is 9.73 Å². The largest absolute Gasteiger partial charge is 0.437 e. The first kappa shape index (κ1) is 15.2. The second-order valence-corrected chi connectivity index (χ2v) is 6.12. The molecule has 0 unspecified atom stereocenters. The summed E-state index contributed by atoms with van der Waals surface area (Å²) in [5, 5.41) is 8.70. The van der Waals surface area contributed by atoms with Gasteiger partial charge in [0.25, 0.3) is 5.89 Å². The monoisotopic (exact) mass is 329 g/mol. The summed E-state index contributed by atoms with van der Waals surface area (Å²) in [6.45, 7) is 3.71. The van der Waals surface area contributed by atoms with E-state index < -0.39 is 5.76 Å². The summed E-state index contributed by atoms with van der Waals surface area (Å²) in [5.74, 6) is -0.751. The molecule has 0 spiro atoms. The summed E-state index contributed by atoms with van der Waals surface area (Å²) >= 11 is 1.41. The van der Waals surface area contributed by atoms with Gasteiger partial charge in [0, 0.05) is 5.69 Å². The molecule has 1 aromatic carbocycles. The molecule has 0 saturated carbocycles. The molecule has 0 aliphatic heterocycles. The Kier molecular flexibility index (Phi) is 4.12. The summed E-state index contributed by atoms with van der Waals surface area (Å²) in [6, 6.07) is 9.37. The second-order valence-electron chi connectivity index (χ2n) is 5.17. The SMILES string of the molecule is Cc1ccc(NC(=O)Cn2nc(-c3cccs3)oc2=O)c(C)c1. The molecule has 0 aliphatic carbocycles. The van der Waals surface area contributed by atoms with E-state index in [1.165, 1.54) is 11.3 Å². The number of carbonyl (C=O) groups is 1. The molecular weight excluding hydrogens is 314 g/mol. The second kappa shape index (κ2) is 6.21. The topological polar surface area (TPSA) is 77.1 Å². The van der Waals surface area contributed by atoms with E-state index in [9.17, 15) is 9.59 Å². The van der Waals surface area contributed by atoms with Crippen molar-refractivity contribution in [1.82, 2.24) is 9.78 Å². The van der Waals surface area contributed by atoms with Gasteiger partial charge in [-0.15, -0.1) is 16.4 Å². The first-order chi connectivity index (χ1) is 11.0. The molecule has 118 valence electrons. The molecule has 1 amide bonds. The predicted molar refractivity (Wildman–Crippen MR) is 88.6 cm³/mol. The van der Waals surface area contributed by atoms with Gasteiger partial charge in [-0.05, 0) is 36.9 Å². The van der Waals surface area contributed by atoms with Crippen molar-refractivity contribution in [3.63, 3.8) is 0 Å². The zero-order valence-corrected chi connectivity index (χ0v) is 13.5. The van der Waals surface area contributed by atoms with E-state index in [0.29, 0.717) is 0 Å². The van der Waals surface area contributed by atoms with Crippen LogP contribution in [-0.4, -0.2) is 15.7 Å². The lowest BCUT2D eigenvalue weighted by Gasteiger charge is -2.08. The van der Waals surface area contributed by atoms with E-state index in [-0.39, 0.29) is 18.3 Å². The molecule has 7 heteroatoms. The number of nitrogens with zero attached hydrogens (tertiary/aromatic N) is 2. The molecule has 3 aromatic rings. The first-order valence-corrected chi connectivity index (χ1v) is 7.90. The Bertz CT molecular complexity index is 894. The maximum absolute atomic E-state index is 12.1. The maximum Gasteiger partial charge on any atom is 0.437 e. The number of hydrogen-bond donors (Lipinski definition) is 1. The quantitative estimate of drug-likeness (QED) is 0.798. The van der Waals surface area contributed by atoms with E-state index in [0.717, 1.165) is 26.4 Å². The molecule has 6 nitrogen and oxygen atoms in total. The van der Waals surface area contributed by atoms with Crippen LogP contribution in [0, 0.1) is 13.8 Å². The molecule has 0 aliphatic rings. The van der Waals surface area contributed by atoms with Crippen molar-refractivity contribution in [2.45, 2.75) is 20.4 Å². The van der Waals surface area contributed by atoms with Crippen molar-refractivity contribution in [3.8, 4) is 10.8 Å². The molecule has 0 saturated heterocycles. The van der Waals surface area contributed by atoms with Crippen LogP contribution in [0.5, 0.6) is 0 Å². The molecule has 3 rings (SSSR count). The Morgan fingerprint density at radius 2 is 2.17 bits per heavy atom. The van der Waals surface area contributed by atoms with Gasteiger partial charge >= 0.3 is 5.76 Å². The molecule has 1 N–H and O–H groups in total. The Balaban J connectivity index is 1.74. The van der Waals surface area contributed by atoms with Crippen LogP contribution in [0.2, 0.25) is 0 Å². The highest BCUT2D eigenvalue weighted by molar-refractivity contribution is 7.13. The average molecular weight is 329 g/mol. The third-order valence-corrected chi connectivity index (χ3v) is 4.15. The molecular formula is C16H15N3O3S. The highest BCUT2D eigenvalue weighted by Gasteiger charge is 2.14. The Hall–Kier alpha value is -2.67. The van der Waals surface area contributed by atoms with Gasteiger partial charge in [-0.1, -0.05) is 23.8 Å². The zero-order chi connectivity index (χ0) is 16.4. The number of nitrogens with one attached hydrogen (secondary N) is 1. The minimum absolute atomic E-state index is 0.193. The average Bonchev–Trinajstić information content (AvgIpc) is 3.13. The van der Waals surface area contributed by atoms with Crippen molar-refractivity contribution in [2.75, 3.05) is 5.32 Å². The predicted octanol–water partition coefficient (Wildman–Crippen LogP) is 2.82. The fraction of sp³-hybridized carbons (Fsp3) is 0.188. The minimum Gasteiger partial charge on any atom is -0.387 e. The number of rotatable bonds is 4. The minimum atomic E-state index is -0.649. The smallest absolute Gasteiger partial charge is 0.387 e. The number of anilines is 1. The summed E-state index contributed by atoms with van der Waals surface area (Å²) < 4.78 is 6.10. The van der Waals surface area contributed by atoms with Crippen LogP contribution in [0.15, 0.2) is 44.9 Å². The number of carbonyl (C=O) groups excluding carboxylic acids is 1. The third kappa shape index (κ3) is 3.40. The van der Waals surface area contributed by atoms with E-state index in [1.807, 2.05) is 43.5 Å². The summed E-state index contributed by atoms with van der Waals surface area (Å²) in [4.78, 5) is 24.7. The Labute approximate surface area is 136 Å². The molecule has 0 atom stereocenters. The van der Waals surface area contributed by atoms with Gasteiger partial charge in [-0.25, -0.2) is 4.79 Å². The standard InChI is InChI=1S/C16H15N3O3S/c1-10-5-6-12(11(2)8-10)17-14(20)9-19-16(21)22-15(18-19)13-4-3-7-23-13/h3-8H,9H2,1-2H3,(H,17,20).